The molecule has 0 radical (unpaired) electrons. The zero-order valence-corrected chi connectivity index (χ0v) is 19.5. The van der Waals surface area contributed by atoms with E-state index >= 15 is 0 Å². The third-order valence-corrected chi connectivity index (χ3v) is 6.20. The Hall–Kier alpha value is -0.860. The number of benzene rings is 1. The van der Waals surface area contributed by atoms with Gasteiger partial charge in [-0.25, -0.2) is 0 Å². The highest BCUT2D eigenvalue weighted by Gasteiger charge is 2.09. The number of rotatable bonds is 20. The smallest absolute Gasteiger partial charge is 0.0229 e. The molecule has 1 rings (SSSR count). The minimum absolute atomic E-state index is 0.0209. The zero-order chi connectivity index (χ0) is 21.0. The Labute approximate surface area is 182 Å². The Morgan fingerprint density at radius 2 is 1.00 bits per heavy atom. The summed E-state index contributed by atoms with van der Waals surface area (Å²) in [6.07, 6.45) is 24.7. The fourth-order valence-electron chi connectivity index (χ4n) is 4.30. The lowest BCUT2D eigenvalue weighted by molar-refractivity contribution is 0.310. The monoisotopic (exact) mass is 402 g/mol. The maximum Gasteiger partial charge on any atom is 0.0229 e. The highest BCUT2D eigenvalue weighted by molar-refractivity contribution is 5.18. The maximum atomic E-state index is 11.9. The van der Waals surface area contributed by atoms with E-state index in [1.807, 2.05) is 18.2 Å². The number of hydroxylamine groups is 2. The van der Waals surface area contributed by atoms with Crippen LogP contribution in [0.3, 0.4) is 0 Å². The molecular weight excluding hydrogens is 354 g/mol. The minimum atomic E-state index is 0.0209. The molecule has 168 valence electrons. The Morgan fingerprint density at radius 3 is 1.38 bits per heavy atom. The second-order valence-electron chi connectivity index (χ2n) is 8.92. The molecule has 1 aromatic rings. The molecular formula is C27H48NO-. The predicted molar refractivity (Wildman–Crippen MR) is 129 cm³/mol. The standard InChI is InChI=1S/C27H48NO/c1-3-4-5-6-7-8-9-10-11-12-13-14-15-16-17-18-22-25-27(28(2)29)26-23-20-19-21-24-26/h19-21,23-24,27H,3-18,22,25H2,1-2H3/q-1. The molecule has 0 saturated heterocycles. The van der Waals surface area contributed by atoms with Gasteiger partial charge in [0.05, 0.1) is 0 Å². The van der Waals surface area contributed by atoms with Crippen LogP contribution in [-0.4, -0.2) is 12.1 Å². The van der Waals surface area contributed by atoms with Crippen LogP contribution in [0.5, 0.6) is 0 Å². The molecule has 0 aliphatic rings. The van der Waals surface area contributed by atoms with Crippen LogP contribution >= 0.6 is 0 Å². The molecule has 0 N–H and O–H groups in total. The van der Waals surface area contributed by atoms with Gasteiger partial charge < -0.3 is 10.3 Å². The summed E-state index contributed by atoms with van der Waals surface area (Å²) in [5.41, 5.74) is 1.15. The summed E-state index contributed by atoms with van der Waals surface area (Å²) in [4.78, 5) is 0. The van der Waals surface area contributed by atoms with Gasteiger partial charge in [0.25, 0.3) is 0 Å². The van der Waals surface area contributed by atoms with Gasteiger partial charge in [0.15, 0.2) is 0 Å². The Bertz CT molecular complexity index is 445. The van der Waals surface area contributed by atoms with Gasteiger partial charge in [-0.05, 0) is 19.0 Å². The number of nitrogens with zero attached hydrogens (tertiary/aromatic N) is 1. The first kappa shape index (κ1) is 26.2. The van der Waals surface area contributed by atoms with Gasteiger partial charge in [0, 0.05) is 6.04 Å². The first-order valence-electron chi connectivity index (χ1n) is 12.7. The minimum Gasteiger partial charge on any atom is -0.785 e. The quantitative estimate of drug-likeness (QED) is 0.160. The van der Waals surface area contributed by atoms with Crippen LogP contribution in [-0.2, 0) is 0 Å². The van der Waals surface area contributed by atoms with Crippen molar-refractivity contribution in [2.24, 2.45) is 0 Å². The summed E-state index contributed by atoms with van der Waals surface area (Å²) in [6.45, 7) is 2.29. The van der Waals surface area contributed by atoms with Gasteiger partial charge in [-0.15, -0.1) is 0 Å². The summed E-state index contributed by atoms with van der Waals surface area (Å²) in [5, 5.41) is 13.0. The topological polar surface area (TPSA) is 26.3 Å². The molecule has 1 unspecified atom stereocenters. The van der Waals surface area contributed by atoms with Gasteiger partial charge >= 0.3 is 0 Å². The highest BCUT2D eigenvalue weighted by atomic mass is 16.5. The van der Waals surface area contributed by atoms with Crippen molar-refractivity contribution in [3.63, 3.8) is 0 Å². The zero-order valence-electron chi connectivity index (χ0n) is 19.5. The van der Waals surface area contributed by atoms with Gasteiger partial charge in [-0.2, -0.15) is 0 Å². The van der Waals surface area contributed by atoms with E-state index < -0.39 is 0 Å². The largest absolute Gasteiger partial charge is 0.785 e. The van der Waals surface area contributed by atoms with Crippen LogP contribution in [0.2, 0.25) is 0 Å². The molecule has 0 bridgehead atoms. The van der Waals surface area contributed by atoms with Crippen LogP contribution in [0, 0.1) is 5.21 Å². The lowest BCUT2D eigenvalue weighted by Gasteiger charge is -2.33. The number of hydrogen-bond acceptors (Lipinski definition) is 2. The third kappa shape index (κ3) is 14.7. The highest BCUT2D eigenvalue weighted by Crippen LogP contribution is 2.25. The molecule has 0 aliphatic carbocycles. The van der Waals surface area contributed by atoms with E-state index in [1.165, 1.54) is 103 Å². The molecule has 2 nitrogen and oxygen atoms in total. The fourth-order valence-corrected chi connectivity index (χ4v) is 4.30. The SMILES string of the molecule is CCCCCCCCCCCCCCCCCCCC(c1ccccc1)N(C)[O-]. The molecule has 0 fully saturated rings. The molecule has 0 heterocycles. The van der Waals surface area contributed by atoms with Crippen molar-refractivity contribution in [3.8, 4) is 0 Å². The van der Waals surface area contributed by atoms with Crippen molar-refractivity contribution in [1.82, 2.24) is 5.06 Å². The molecule has 0 spiro atoms. The van der Waals surface area contributed by atoms with Crippen molar-refractivity contribution in [3.05, 3.63) is 41.1 Å². The van der Waals surface area contributed by atoms with Crippen LogP contribution in [0.4, 0.5) is 0 Å². The fraction of sp³-hybridized carbons (Fsp3) is 0.778. The molecule has 2 heteroatoms. The van der Waals surface area contributed by atoms with Crippen molar-refractivity contribution in [2.45, 2.75) is 129 Å². The first-order valence-corrected chi connectivity index (χ1v) is 12.7. The summed E-state index contributed by atoms with van der Waals surface area (Å²) in [5.74, 6) is 0. The Morgan fingerprint density at radius 1 is 0.621 bits per heavy atom. The summed E-state index contributed by atoms with van der Waals surface area (Å²) in [6, 6.07) is 10.2. The van der Waals surface area contributed by atoms with Crippen LogP contribution in [0.1, 0.15) is 134 Å². The number of hydrogen-bond donors (Lipinski definition) is 0. The van der Waals surface area contributed by atoms with Crippen LogP contribution in [0.25, 0.3) is 0 Å². The second-order valence-corrected chi connectivity index (χ2v) is 8.92. The second kappa shape index (κ2) is 19.1. The molecule has 1 aromatic carbocycles. The molecule has 0 aromatic heterocycles. The average molecular weight is 403 g/mol. The molecule has 0 saturated carbocycles. The maximum absolute atomic E-state index is 11.9. The summed E-state index contributed by atoms with van der Waals surface area (Å²) < 4.78 is 0. The molecule has 29 heavy (non-hydrogen) atoms. The van der Waals surface area contributed by atoms with E-state index in [1.54, 1.807) is 7.05 Å². The summed E-state index contributed by atoms with van der Waals surface area (Å²) in [7, 11) is 1.66. The van der Waals surface area contributed by atoms with E-state index in [0.29, 0.717) is 0 Å². The van der Waals surface area contributed by atoms with Crippen LogP contribution in [0.15, 0.2) is 30.3 Å². The molecule has 0 amide bonds. The lowest BCUT2D eigenvalue weighted by Crippen LogP contribution is -2.18. The first-order chi connectivity index (χ1) is 14.3. The average Bonchev–Trinajstić information content (AvgIpc) is 2.73. The predicted octanol–water partition coefficient (Wildman–Crippen LogP) is 9.20. The van der Waals surface area contributed by atoms with Crippen LogP contribution < -0.4 is 0 Å². The van der Waals surface area contributed by atoms with E-state index in [-0.39, 0.29) is 6.04 Å². The van der Waals surface area contributed by atoms with Crippen molar-refractivity contribution in [2.75, 3.05) is 7.05 Å². The van der Waals surface area contributed by atoms with Crippen molar-refractivity contribution < 1.29 is 0 Å². The Kier molecular flexibility index (Phi) is 17.3. The normalized spacial score (nSPS) is 12.6. The molecule has 0 aliphatic heterocycles. The lowest BCUT2D eigenvalue weighted by atomic mass is 9.99. The van der Waals surface area contributed by atoms with E-state index in [2.05, 4.69) is 19.1 Å². The molecule has 1 atom stereocenters. The van der Waals surface area contributed by atoms with Gasteiger partial charge in [-0.3, -0.25) is 0 Å². The van der Waals surface area contributed by atoms with E-state index in [9.17, 15) is 5.21 Å². The van der Waals surface area contributed by atoms with E-state index in [4.69, 9.17) is 0 Å². The van der Waals surface area contributed by atoms with Gasteiger partial charge in [0.2, 0.25) is 0 Å². The number of unbranched alkanes of at least 4 members (excludes halogenated alkanes) is 16. The van der Waals surface area contributed by atoms with Crippen molar-refractivity contribution in [1.29, 1.82) is 0 Å². The Balaban J connectivity index is 1.85. The van der Waals surface area contributed by atoms with Gasteiger partial charge in [0.1, 0.15) is 0 Å². The third-order valence-electron chi connectivity index (χ3n) is 6.20. The summed E-state index contributed by atoms with van der Waals surface area (Å²) >= 11 is 0. The van der Waals surface area contributed by atoms with E-state index in [0.717, 1.165) is 23.5 Å². The van der Waals surface area contributed by atoms with Crippen molar-refractivity contribution >= 4 is 0 Å². The van der Waals surface area contributed by atoms with Gasteiger partial charge in [-0.1, -0.05) is 146 Å².